The van der Waals surface area contributed by atoms with Crippen LogP contribution in [0, 0.1) is 0 Å². The van der Waals surface area contributed by atoms with E-state index in [2.05, 4.69) is 4.98 Å². The number of amides is 1. The predicted octanol–water partition coefficient (Wildman–Crippen LogP) is 1.65. The average molecular weight is 354 g/mol. The van der Waals surface area contributed by atoms with Gasteiger partial charge in [0, 0.05) is 32.2 Å². The van der Waals surface area contributed by atoms with Crippen molar-refractivity contribution in [3.8, 4) is 0 Å². The first-order chi connectivity index (χ1) is 11.4. The fraction of sp³-hybridized carbons (Fsp3) is 0.500. The standard InChI is InChI=1S/C16H21ClFN5O/c1-21(2)15(24)9-23-14-7-10(17)3-4-13(14)20-16(23)22-6-5-11(18)12(19)8-22/h3-4,7,11-12H,5-6,8-9,19H2,1-2H3/t11-,12+/m0/s1. The van der Waals surface area contributed by atoms with Crippen LogP contribution in [0.3, 0.4) is 0 Å². The van der Waals surface area contributed by atoms with Crippen LogP contribution in [0.5, 0.6) is 0 Å². The third-order valence-corrected chi connectivity index (χ3v) is 4.57. The number of halogens is 2. The first-order valence-corrected chi connectivity index (χ1v) is 8.25. The molecule has 1 aromatic heterocycles. The molecule has 130 valence electrons. The van der Waals surface area contributed by atoms with Crippen molar-refractivity contribution in [1.29, 1.82) is 0 Å². The van der Waals surface area contributed by atoms with Gasteiger partial charge in [-0.2, -0.15) is 0 Å². The van der Waals surface area contributed by atoms with Crippen molar-refractivity contribution >= 4 is 34.5 Å². The maximum atomic E-state index is 13.7. The lowest BCUT2D eigenvalue weighted by Gasteiger charge is -2.34. The number of anilines is 1. The topological polar surface area (TPSA) is 67.4 Å². The number of hydrogen-bond donors (Lipinski definition) is 1. The predicted molar refractivity (Wildman–Crippen MR) is 93.1 cm³/mol. The third kappa shape index (κ3) is 3.18. The molecule has 0 radical (unpaired) electrons. The van der Waals surface area contributed by atoms with E-state index in [4.69, 9.17) is 17.3 Å². The number of carbonyl (C=O) groups is 1. The van der Waals surface area contributed by atoms with E-state index >= 15 is 0 Å². The Kier molecular flexibility index (Phi) is 4.64. The van der Waals surface area contributed by atoms with Gasteiger partial charge in [0.1, 0.15) is 12.7 Å². The lowest BCUT2D eigenvalue weighted by molar-refractivity contribution is -0.129. The lowest BCUT2D eigenvalue weighted by atomic mass is 10.1. The number of alkyl halides is 1. The summed E-state index contributed by atoms with van der Waals surface area (Å²) in [4.78, 5) is 20.3. The van der Waals surface area contributed by atoms with Gasteiger partial charge in [-0.15, -0.1) is 0 Å². The smallest absolute Gasteiger partial charge is 0.242 e. The second-order valence-electron chi connectivity index (χ2n) is 6.33. The van der Waals surface area contributed by atoms with E-state index < -0.39 is 12.2 Å². The van der Waals surface area contributed by atoms with Gasteiger partial charge in [-0.1, -0.05) is 11.6 Å². The van der Waals surface area contributed by atoms with E-state index in [9.17, 15) is 9.18 Å². The lowest BCUT2D eigenvalue weighted by Crippen LogP contribution is -2.50. The minimum absolute atomic E-state index is 0.0554. The zero-order chi connectivity index (χ0) is 17.4. The molecule has 0 saturated carbocycles. The molecule has 2 heterocycles. The summed E-state index contributed by atoms with van der Waals surface area (Å²) in [5.41, 5.74) is 7.40. The van der Waals surface area contributed by atoms with Gasteiger partial charge in [0.25, 0.3) is 0 Å². The molecule has 24 heavy (non-hydrogen) atoms. The van der Waals surface area contributed by atoms with Gasteiger partial charge in [0.05, 0.1) is 17.1 Å². The van der Waals surface area contributed by atoms with Crippen molar-refractivity contribution in [1.82, 2.24) is 14.5 Å². The summed E-state index contributed by atoms with van der Waals surface area (Å²) in [6, 6.07) is 4.82. The number of benzene rings is 1. The number of rotatable bonds is 3. The highest BCUT2D eigenvalue weighted by molar-refractivity contribution is 6.31. The van der Waals surface area contributed by atoms with Crippen LogP contribution >= 0.6 is 11.6 Å². The monoisotopic (exact) mass is 353 g/mol. The van der Waals surface area contributed by atoms with E-state index in [-0.39, 0.29) is 12.5 Å². The molecular formula is C16H21ClFN5O. The van der Waals surface area contributed by atoms with Crippen LogP contribution in [0.25, 0.3) is 11.0 Å². The SMILES string of the molecule is CN(C)C(=O)Cn1c(N2CC[C@H](F)[C@H](N)C2)nc2ccc(Cl)cc21. The molecule has 1 amide bonds. The van der Waals surface area contributed by atoms with E-state index in [0.717, 1.165) is 11.0 Å². The van der Waals surface area contributed by atoms with Crippen LogP contribution in [0.4, 0.5) is 10.3 Å². The number of likely N-dealkylation sites (N-methyl/N-ethyl adjacent to an activating group) is 1. The molecule has 1 aliphatic heterocycles. The van der Waals surface area contributed by atoms with Crippen molar-refractivity contribution in [2.24, 2.45) is 5.73 Å². The van der Waals surface area contributed by atoms with E-state index in [0.29, 0.717) is 30.5 Å². The Morgan fingerprint density at radius 1 is 1.50 bits per heavy atom. The molecule has 8 heteroatoms. The second-order valence-corrected chi connectivity index (χ2v) is 6.77. The van der Waals surface area contributed by atoms with Crippen LogP contribution in [0.2, 0.25) is 5.02 Å². The number of hydrogen-bond acceptors (Lipinski definition) is 4. The number of piperidine rings is 1. The molecule has 2 aromatic rings. The number of carbonyl (C=O) groups excluding carboxylic acids is 1. The zero-order valence-corrected chi connectivity index (χ0v) is 14.5. The number of aromatic nitrogens is 2. The Morgan fingerprint density at radius 2 is 2.25 bits per heavy atom. The van der Waals surface area contributed by atoms with Gasteiger partial charge in [0.15, 0.2) is 0 Å². The third-order valence-electron chi connectivity index (χ3n) is 4.34. The molecule has 0 bridgehead atoms. The highest BCUT2D eigenvalue weighted by Crippen LogP contribution is 2.27. The van der Waals surface area contributed by atoms with Crippen molar-refractivity contribution in [2.45, 2.75) is 25.2 Å². The van der Waals surface area contributed by atoms with Crippen LogP contribution in [0.1, 0.15) is 6.42 Å². The van der Waals surface area contributed by atoms with E-state index in [1.54, 1.807) is 26.2 Å². The summed E-state index contributed by atoms with van der Waals surface area (Å²) >= 11 is 6.11. The second kappa shape index (κ2) is 6.57. The molecular weight excluding hydrogens is 333 g/mol. The quantitative estimate of drug-likeness (QED) is 0.911. The van der Waals surface area contributed by atoms with Crippen LogP contribution in [-0.2, 0) is 11.3 Å². The summed E-state index contributed by atoms with van der Waals surface area (Å²) in [6.07, 6.45) is -0.649. The van der Waals surface area contributed by atoms with Gasteiger partial charge < -0.3 is 20.1 Å². The molecule has 0 aliphatic carbocycles. The molecule has 1 fully saturated rings. The molecule has 2 N–H and O–H groups in total. The van der Waals surface area contributed by atoms with Gasteiger partial charge in [-0.3, -0.25) is 4.79 Å². The molecule has 0 unspecified atom stereocenters. The average Bonchev–Trinajstić information content (AvgIpc) is 2.88. The Balaban J connectivity index is 2.04. The Hall–Kier alpha value is -1.86. The summed E-state index contributed by atoms with van der Waals surface area (Å²) in [6.45, 7) is 1.03. The number of nitrogens with two attached hydrogens (primary N) is 1. The first-order valence-electron chi connectivity index (χ1n) is 7.87. The minimum atomic E-state index is -1.00. The molecule has 1 aliphatic rings. The Bertz CT molecular complexity index is 762. The zero-order valence-electron chi connectivity index (χ0n) is 13.7. The van der Waals surface area contributed by atoms with Crippen molar-refractivity contribution in [3.63, 3.8) is 0 Å². The first kappa shape index (κ1) is 17.0. The molecule has 3 rings (SSSR count). The normalized spacial score (nSPS) is 21.3. The summed E-state index contributed by atoms with van der Waals surface area (Å²) < 4.78 is 15.5. The maximum absolute atomic E-state index is 13.7. The summed E-state index contributed by atoms with van der Waals surface area (Å²) in [5, 5.41) is 0.576. The van der Waals surface area contributed by atoms with Crippen molar-refractivity contribution in [2.75, 3.05) is 32.1 Å². The molecule has 2 atom stereocenters. The van der Waals surface area contributed by atoms with Crippen molar-refractivity contribution < 1.29 is 9.18 Å². The van der Waals surface area contributed by atoms with E-state index in [1.807, 2.05) is 15.5 Å². The summed E-state index contributed by atoms with van der Waals surface area (Å²) in [5.74, 6) is 0.574. The van der Waals surface area contributed by atoms with Crippen molar-refractivity contribution in [3.05, 3.63) is 23.2 Å². The van der Waals surface area contributed by atoms with Gasteiger partial charge in [-0.05, 0) is 24.6 Å². The number of imidazole rings is 1. The molecule has 1 aromatic carbocycles. The Labute approximate surface area is 145 Å². The number of fused-ring (bicyclic) bond motifs is 1. The fourth-order valence-corrected chi connectivity index (χ4v) is 3.06. The van der Waals surface area contributed by atoms with Gasteiger partial charge in [0.2, 0.25) is 11.9 Å². The van der Waals surface area contributed by atoms with Gasteiger partial charge >= 0.3 is 0 Å². The minimum Gasteiger partial charge on any atom is -0.347 e. The molecule has 0 spiro atoms. The van der Waals surface area contributed by atoms with Crippen LogP contribution in [-0.4, -0.2) is 59.8 Å². The summed E-state index contributed by atoms with van der Waals surface area (Å²) in [7, 11) is 3.41. The largest absolute Gasteiger partial charge is 0.347 e. The highest BCUT2D eigenvalue weighted by Gasteiger charge is 2.29. The number of nitrogens with zero attached hydrogens (tertiary/aromatic N) is 4. The Morgan fingerprint density at radius 3 is 2.92 bits per heavy atom. The van der Waals surface area contributed by atoms with Gasteiger partial charge in [-0.25, -0.2) is 9.37 Å². The van der Waals surface area contributed by atoms with Crippen LogP contribution in [0.15, 0.2) is 18.2 Å². The molecule has 1 saturated heterocycles. The maximum Gasteiger partial charge on any atom is 0.242 e. The molecule has 6 nitrogen and oxygen atoms in total. The highest BCUT2D eigenvalue weighted by atomic mass is 35.5. The van der Waals surface area contributed by atoms with Crippen LogP contribution < -0.4 is 10.6 Å². The van der Waals surface area contributed by atoms with E-state index in [1.165, 1.54) is 4.90 Å². The fourth-order valence-electron chi connectivity index (χ4n) is 2.89.